The molecule has 0 aliphatic carbocycles. The highest BCUT2D eigenvalue weighted by molar-refractivity contribution is 8.00. The van der Waals surface area contributed by atoms with Crippen molar-refractivity contribution in [2.75, 3.05) is 25.4 Å². The summed E-state index contributed by atoms with van der Waals surface area (Å²) in [4.78, 5) is 91.3. The van der Waals surface area contributed by atoms with E-state index in [2.05, 4.69) is 31.6 Å². The van der Waals surface area contributed by atoms with Crippen molar-refractivity contribution in [1.29, 1.82) is 0 Å². The Morgan fingerprint density at radius 2 is 1.45 bits per heavy atom. The van der Waals surface area contributed by atoms with Gasteiger partial charge >= 0.3 is 18.1 Å². The molecule has 1 heterocycles. The Labute approximate surface area is 268 Å². The summed E-state index contributed by atoms with van der Waals surface area (Å²) in [6, 6.07) is -1.50. The highest BCUT2D eigenvalue weighted by Crippen LogP contribution is 2.34. The molecule has 4 atom stereocenters. The number of carbonyl (C=O) groups excluding carboxylic acids is 5. The van der Waals surface area contributed by atoms with Crippen LogP contribution < -0.4 is 38.1 Å². The van der Waals surface area contributed by atoms with E-state index in [1.54, 1.807) is 0 Å². The lowest BCUT2D eigenvalue weighted by Gasteiger charge is -2.24. The first-order chi connectivity index (χ1) is 22.0. The second kappa shape index (κ2) is 17.6. The molecule has 1 aromatic rings. The fourth-order valence-electron chi connectivity index (χ4n) is 4.01. The number of nitrogens with zero attached hydrogens (tertiary/aromatic N) is 1. The van der Waals surface area contributed by atoms with E-state index in [9.17, 15) is 56.9 Å². The van der Waals surface area contributed by atoms with E-state index < -0.39 is 102 Å². The van der Waals surface area contributed by atoms with Crippen molar-refractivity contribution < 1.29 is 56.9 Å². The highest BCUT2D eigenvalue weighted by atomic mass is 32.2. The second-order valence-electron chi connectivity index (χ2n) is 9.96. The van der Waals surface area contributed by atoms with Crippen LogP contribution in [0.3, 0.4) is 0 Å². The average molecular weight is 691 g/mol. The quantitative estimate of drug-likeness (QED) is 0.0798. The molecule has 258 valence electrons. The smallest absolute Gasteiger partial charge is 0.416 e. The number of aliphatic imine (C=N–C) groups is 1. The van der Waals surface area contributed by atoms with Crippen LogP contribution in [0.15, 0.2) is 29.3 Å². The minimum atomic E-state index is -4.70. The molecule has 1 aliphatic heterocycles. The van der Waals surface area contributed by atoms with Crippen LogP contribution in [0.4, 0.5) is 13.2 Å². The van der Waals surface area contributed by atoms with Gasteiger partial charge in [0.1, 0.15) is 23.4 Å². The largest absolute Gasteiger partial charge is 0.481 e. The molecule has 1 aliphatic rings. The van der Waals surface area contributed by atoms with Gasteiger partial charge in [0.05, 0.1) is 25.1 Å². The average Bonchev–Trinajstić information content (AvgIpc) is 2.98. The van der Waals surface area contributed by atoms with E-state index in [1.165, 1.54) is 0 Å². The summed E-state index contributed by atoms with van der Waals surface area (Å²) in [5, 5.41) is 28.6. The molecule has 1 unspecified atom stereocenters. The fraction of sp³-hybridized carbons (Fsp3) is 0.462. The summed E-state index contributed by atoms with van der Waals surface area (Å²) in [5.74, 6) is -8.88. The third-order valence-electron chi connectivity index (χ3n) is 6.30. The maximum atomic E-state index is 13.2. The second-order valence-corrected chi connectivity index (χ2v) is 11.1. The molecule has 1 fully saturated rings. The number of amides is 5. The van der Waals surface area contributed by atoms with Crippen molar-refractivity contribution >= 4 is 59.2 Å². The number of carboxylic acids is 2. The lowest BCUT2D eigenvalue weighted by molar-refractivity contribution is -0.143. The number of nitrogens with two attached hydrogens (primary N) is 2. The van der Waals surface area contributed by atoms with E-state index in [0.717, 1.165) is 12.1 Å². The summed E-state index contributed by atoms with van der Waals surface area (Å²) >= 11 is 0.590. The zero-order valence-corrected chi connectivity index (χ0v) is 25.3. The topological polar surface area (TPSA) is 284 Å². The van der Waals surface area contributed by atoms with Crippen LogP contribution in [0.25, 0.3) is 0 Å². The summed E-state index contributed by atoms with van der Waals surface area (Å²) in [6.07, 6.45) is -5.55. The Hall–Kier alpha value is -5.08. The van der Waals surface area contributed by atoms with Gasteiger partial charge in [0, 0.05) is 12.3 Å². The van der Waals surface area contributed by atoms with Gasteiger partial charge in [0.25, 0.3) is 0 Å². The number of aliphatic carboxylic acids is 2. The molecule has 0 saturated carbocycles. The normalized spacial score (nSPS) is 22.2. The van der Waals surface area contributed by atoms with Gasteiger partial charge in [-0.05, 0) is 30.5 Å². The minimum absolute atomic E-state index is 0.0150. The van der Waals surface area contributed by atoms with Crippen LogP contribution in [0.1, 0.15) is 35.6 Å². The number of carboxylic acid groups (broad SMARTS) is 2. The number of hydrogen-bond acceptors (Lipinski definition) is 9. The van der Waals surface area contributed by atoms with Gasteiger partial charge in [0.15, 0.2) is 5.96 Å². The zero-order chi connectivity index (χ0) is 35.3. The summed E-state index contributed by atoms with van der Waals surface area (Å²) in [6.45, 7) is -1.43. The van der Waals surface area contributed by atoms with Crippen LogP contribution in [-0.4, -0.2) is 101 Å². The maximum Gasteiger partial charge on any atom is 0.416 e. The Kier molecular flexibility index (Phi) is 14.2. The first-order valence-electron chi connectivity index (χ1n) is 13.7. The van der Waals surface area contributed by atoms with Gasteiger partial charge in [-0.1, -0.05) is 12.1 Å². The van der Waals surface area contributed by atoms with Gasteiger partial charge in [-0.2, -0.15) is 13.2 Å². The number of nitrogens with one attached hydrogen (secondary N) is 5. The molecule has 2 rings (SSSR count). The van der Waals surface area contributed by atoms with Crippen molar-refractivity contribution in [3.05, 3.63) is 35.4 Å². The molecule has 11 N–H and O–H groups in total. The molecule has 0 aromatic heterocycles. The number of guanidine groups is 1. The molecule has 17 nitrogen and oxygen atoms in total. The predicted octanol–water partition coefficient (Wildman–Crippen LogP) is -2.21. The lowest BCUT2D eigenvalue weighted by atomic mass is 10.1. The third kappa shape index (κ3) is 13.0. The Balaban J connectivity index is 2.44. The lowest BCUT2D eigenvalue weighted by Crippen LogP contribution is -2.55. The molecule has 0 spiro atoms. The van der Waals surface area contributed by atoms with Crippen molar-refractivity contribution in [2.45, 2.75) is 48.8 Å². The molecule has 47 heavy (non-hydrogen) atoms. The summed E-state index contributed by atoms with van der Waals surface area (Å²) in [5.41, 5.74) is 9.51. The van der Waals surface area contributed by atoms with Gasteiger partial charge in [-0.3, -0.25) is 33.8 Å². The van der Waals surface area contributed by atoms with E-state index in [-0.39, 0.29) is 30.9 Å². The van der Waals surface area contributed by atoms with Crippen molar-refractivity contribution in [2.24, 2.45) is 16.5 Å². The zero-order valence-electron chi connectivity index (χ0n) is 24.5. The van der Waals surface area contributed by atoms with E-state index in [1.807, 2.05) is 0 Å². The molecule has 21 heteroatoms. The van der Waals surface area contributed by atoms with Crippen LogP contribution in [-0.2, 0) is 39.7 Å². The third-order valence-corrected chi connectivity index (χ3v) is 7.64. The first-order valence-corrected chi connectivity index (χ1v) is 14.8. The van der Waals surface area contributed by atoms with Crippen LogP contribution in [0.5, 0.6) is 0 Å². The van der Waals surface area contributed by atoms with Crippen LogP contribution in [0, 0.1) is 0 Å². The number of alkyl halides is 3. The van der Waals surface area contributed by atoms with E-state index >= 15 is 0 Å². The van der Waals surface area contributed by atoms with E-state index in [0.29, 0.717) is 23.9 Å². The molecule has 1 saturated heterocycles. The van der Waals surface area contributed by atoms with Gasteiger partial charge < -0.3 is 48.3 Å². The monoisotopic (exact) mass is 690 g/mol. The number of benzene rings is 1. The molecular weight excluding hydrogens is 657 g/mol. The molecule has 1 aromatic carbocycles. The van der Waals surface area contributed by atoms with Gasteiger partial charge in [-0.15, -0.1) is 11.8 Å². The Morgan fingerprint density at radius 3 is 1.98 bits per heavy atom. The molecular formula is C26H33F3N8O9S. The van der Waals surface area contributed by atoms with Crippen molar-refractivity contribution in [3.8, 4) is 0 Å². The number of rotatable bonds is 8. The highest BCUT2D eigenvalue weighted by Gasteiger charge is 2.33. The number of carbonyl (C=O) groups is 7. The van der Waals surface area contributed by atoms with Gasteiger partial charge in [-0.25, -0.2) is 4.79 Å². The molecule has 0 radical (unpaired) electrons. The van der Waals surface area contributed by atoms with Crippen LogP contribution >= 0.6 is 11.8 Å². The predicted molar refractivity (Wildman–Crippen MR) is 158 cm³/mol. The molecule has 5 amide bonds. The fourth-order valence-corrected chi connectivity index (χ4v) is 5.20. The molecule has 0 bridgehead atoms. The number of thioether (sulfide) groups is 1. The van der Waals surface area contributed by atoms with Crippen LogP contribution in [0.2, 0.25) is 0 Å². The van der Waals surface area contributed by atoms with Crippen molar-refractivity contribution in [3.63, 3.8) is 0 Å². The Bertz CT molecular complexity index is 1370. The standard InChI is InChI=1S/C26H33F3N8O9S/c27-26(28,29)13-5-3-12(4-6-13)20-23(44)34-10-17(38)35-14(2-1-7-32-25(30)31)21(42)33-9-18(39)36-15(8-19(40)41)22(43)37-16(11-47-20)24(45)46/h3-6,14-16,20H,1-2,7-11H2,(H,33,42)(H,34,44)(H,35,38)(H,36,39)(H,37,43)(H,40,41)(H,45,46)(H4,30,31,32)/t14-,15-,16-,20?/m0/s1. The first kappa shape index (κ1) is 38.1. The van der Waals surface area contributed by atoms with Gasteiger partial charge in [0.2, 0.25) is 29.5 Å². The maximum absolute atomic E-state index is 13.2. The number of halogens is 3. The van der Waals surface area contributed by atoms with Crippen molar-refractivity contribution in [1.82, 2.24) is 26.6 Å². The number of hydrogen-bond donors (Lipinski definition) is 9. The summed E-state index contributed by atoms with van der Waals surface area (Å²) < 4.78 is 39.4. The summed E-state index contributed by atoms with van der Waals surface area (Å²) in [7, 11) is 0. The Morgan fingerprint density at radius 1 is 0.872 bits per heavy atom. The van der Waals surface area contributed by atoms with E-state index in [4.69, 9.17) is 11.5 Å². The minimum Gasteiger partial charge on any atom is -0.481 e. The SMILES string of the molecule is NC(N)=NCCC[C@@H]1NC(=O)CNC(=O)C(c2ccc(C(F)(F)F)cc2)SC[C@@H](C(=O)O)NC(=O)[C@H](CC(=O)O)NC(=O)CNC1=O.